The fourth-order valence-electron chi connectivity index (χ4n) is 4.47. The van der Waals surface area contributed by atoms with Crippen molar-refractivity contribution in [2.75, 3.05) is 53.0 Å². The van der Waals surface area contributed by atoms with E-state index in [1.165, 1.54) is 11.3 Å². The van der Waals surface area contributed by atoms with Crippen molar-refractivity contribution < 1.29 is 14.3 Å². The van der Waals surface area contributed by atoms with Gasteiger partial charge in [0.2, 0.25) is 5.91 Å². The maximum absolute atomic E-state index is 13.3. The monoisotopic (exact) mass is 439 g/mol. The number of amides is 2. The second kappa shape index (κ2) is 10.3. The van der Waals surface area contributed by atoms with E-state index in [1.54, 1.807) is 7.11 Å². The van der Waals surface area contributed by atoms with Gasteiger partial charge in [-0.05, 0) is 44.7 Å². The van der Waals surface area contributed by atoms with Gasteiger partial charge < -0.3 is 15.0 Å². The first-order valence-electron chi connectivity index (χ1n) is 11.5. The van der Waals surface area contributed by atoms with Crippen molar-refractivity contribution >= 4 is 11.8 Å². The summed E-state index contributed by atoms with van der Waals surface area (Å²) >= 11 is 0. The number of rotatable bonds is 8. The topological polar surface area (TPSA) is 79.7 Å². The van der Waals surface area contributed by atoms with Crippen LogP contribution in [0.3, 0.4) is 0 Å². The van der Waals surface area contributed by atoms with Crippen molar-refractivity contribution in [3.63, 3.8) is 0 Å². The Bertz CT molecular complexity index is 945. The molecule has 1 aromatic heterocycles. The van der Waals surface area contributed by atoms with Crippen molar-refractivity contribution in [1.29, 1.82) is 0 Å². The quantitative estimate of drug-likeness (QED) is 0.632. The third kappa shape index (κ3) is 5.02. The van der Waals surface area contributed by atoms with Gasteiger partial charge >= 0.3 is 0 Å². The molecule has 32 heavy (non-hydrogen) atoms. The van der Waals surface area contributed by atoms with E-state index in [4.69, 9.17) is 9.84 Å². The Kier molecular flexibility index (Phi) is 7.22. The van der Waals surface area contributed by atoms with Crippen molar-refractivity contribution in [3.8, 4) is 5.69 Å². The molecule has 0 bridgehead atoms. The fraction of sp³-hybridized carbons (Fsp3) is 0.542. The zero-order valence-electron chi connectivity index (χ0n) is 19.1. The largest absolute Gasteiger partial charge is 0.385 e. The smallest absolute Gasteiger partial charge is 0.274 e. The summed E-state index contributed by atoms with van der Waals surface area (Å²) in [6, 6.07) is 8.28. The molecule has 2 amide bonds. The maximum Gasteiger partial charge on any atom is 0.274 e. The number of carbonyl (C=O) groups is 2. The predicted molar refractivity (Wildman–Crippen MR) is 122 cm³/mol. The third-order valence-corrected chi connectivity index (χ3v) is 6.29. The van der Waals surface area contributed by atoms with E-state index in [1.807, 2.05) is 9.58 Å². The van der Waals surface area contributed by atoms with Crippen molar-refractivity contribution in [3.05, 3.63) is 46.8 Å². The molecule has 1 N–H and O–H groups in total. The van der Waals surface area contributed by atoms with Crippen LogP contribution in [0.15, 0.2) is 24.3 Å². The van der Waals surface area contributed by atoms with Gasteiger partial charge in [0.1, 0.15) is 0 Å². The summed E-state index contributed by atoms with van der Waals surface area (Å²) in [5.41, 5.74) is 5.08. The number of hydrogen-bond acceptors (Lipinski definition) is 5. The maximum atomic E-state index is 13.3. The molecule has 0 radical (unpaired) electrons. The molecule has 0 spiro atoms. The molecule has 0 unspecified atom stereocenters. The molecule has 2 aliphatic rings. The Morgan fingerprint density at radius 3 is 2.56 bits per heavy atom. The SMILES string of the molecule is COCCCNC(=O)CN1CCN(C(=O)c2nn(-c3ccc(C)cc3)c3c2CCC3)CC1. The predicted octanol–water partition coefficient (Wildman–Crippen LogP) is 1.58. The van der Waals surface area contributed by atoms with E-state index in [2.05, 4.69) is 41.4 Å². The zero-order chi connectivity index (χ0) is 22.5. The number of benzene rings is 1. The highest BCUT2D eigenvalue weighted by molar-refractivity contribution is 5.94. The average molecular weight is 440 g/mol. The van der Waals surface area contributed by atoms with Crippen molar-refractivity contribution in [2.45, 2.75) is 32.6 Å². The van der Waals surface area contributed by atoms with Gasteiger partial charge in [-0.25, -0.2) is 4.68 Å². The third-order valence-electron chi connectivity index (χ3n) is 6.29. The molecule has 1 saturated heterocycles. The Hall–Kier alpha value is -2.71. The zero-order valence-corrected chi connectivity index (χ0v) is 19.1. The summed E-state index contributed by atoms with van der Waals surface area (Å²) in [4.78, 5) is 29.4. The van der Waals surface area contributed by atoms with E-state index >= 15 is 0 Å². The normalized spacial score (nSPS) is 16.2. The van der Waals surface area contributed by atoms with Gasteiger partial charge in [-0.3, -0.25) is 14.5 Å². The molecule has 0 saturated carbocycles. The van der Waals surface area contributed by atoms with Gasteiger partial charge in [-0.2, -0.15) is 5.10 Å². The first-order valence-corrected chi connectivity index (χ1v) is 11.5. The lowest BCUT2D eigenvalue weighted by molar-refractivity contribution is -0.122. The second-order valence-electron chi connectivity index (χ2n) is 8.64. The van der Waals surface area contributed by atoms with E-state index in [9.17, 15) is 9.59 Å². The van der Waals surface area contributed by atoms with Gasteiger partial charge in [0, 0.05) is 57.7 Å². The highest BCUT2D eigenvalue weighted by Crippen LogP contribution is 2.29. The number of piperazine rings is 1. The van der Waals surface area contributed by atoms with Gasteiger partial charge in [0.05, 0.1) is 12.2 Å². The molecule has 2 aromatic rings. The molecular weight excluding hydrogens is 406 g/mol. The Balaban J connectivity index is 1.36. The fourth-order valence-corrected chi connectivity index (χ4v) is 4.47. The summed E-state index contributed by atoms with van der Waals surface area (Å²) in [7, 11) is 1.66. The second-order valence-corrected chi connectivity index (χ2v) is 8.64. The van der Waals surface area contributed by atoms with Gasteiger partial charge in [0.15, 0.2) is 5.69 Å². The van der Waals surface area contributed by atoms with E-state index in [0.29, 0.717) is 51.6 Å². The van der Waals surface area contributed by atoms with E-state index < -0.39 is 0 Å². The van der Waals surface area contributed by atoms with E-state index in [-0.39, 0.29) is 11.8 Å². The number of nitrogens with zero attached hydrogens (tertiary/aromatic N) is 4. The summed E-state index contributed by atoms with van der Waals surface area (Å²) in [5, 5.41) is 7.68. The number of carbonyl (C=O) groups excluding carboxylic acids is 2. The number of hydrogen-bond donors (Lipinski definition) is 1. The highest BCUT2D eigenvalue weighted by atomic mass is 16.5. The minimum atomic E-state index is 0.0117. The molecule has 1 aliphatic carbocycles. The van der Waals surface area contributed by atoms with Crippen LogP contribution in [0, 0.1) is 6.92 Å². The number of fused-ring (bicyclic) bond motifs is 1. The summed E-state index contributed by atoms with van der Waals surface area (Å²) in [5.74, 6) is 0.0354. The Morgan fingerprint density at radius 1 is 1.09 bits per heavy atom. The number of aryl methyl sites for hydroxylation is 1. The number of aromatic nitrogens is 2. The minimum absolute atomic E-state index is 0.0117. The van der Waals surface area contributed by atoms with Crippen molar-refractivity contribution in [2.24, 2.45) is 0 Å². The summed E-state index contributed by atoms with van der Waals surface area (Å²) in [6.07, 6.45) is 3.74. The van der Waals surface area contributed by atoms with Crippen molar-refractivity contribution in [1.82, 2.24) is 24.9 Å². The molecule has 8 heteroatoms. The molecule has 8 nitrogen and oxygen atoms in total. The first kappa shape index (κ1) is 22.5. The Morgan fingerprint density at radius 2 is 1.84 bits per heavy atom. The average Bonchev–Trinajstić information content (AvgIpc) is 3.41. The molecule has 172 valence electrons. The number of ether oxygens (including phenoxy) is 1. The van der Waals surface area contributed by atoms with Gasteiger partial charge in [-0.15, -0.1) is 0 Å². The lowest BCUT2D eigenvalue weighted by Crippen LogP contribution is -2.51. The Labute approximate surface area is 189 Å². The van der Waals surface area contributed by atoms with Gasteiger partial charge in [0.25, 0.3) is 5.91 Å². The van der Waals surface area contributed by atoms with Crippen LogP contribution in [0.25, 0.3) is 5.69 Å². The highest BCUT2D eigenvalue weighted by Gasteiger charge is 2.31. The standard InChI is InChI=1S/C24H33N5O3/c1-18-7-9-19(10-8-18)29-21-6-3-5-20(21)23(26-29)24(31)28-14-12-27(13-15-28)17-22(30)25-11-4-16-32-2/h7-10H,3-6,11-17H2,1-2H3,(H,25,30). The minimum Gasteiger partial charge on any atom is -0.385 e. The lowest BCUT2D eigenvalue weighted by Gasteiger charge is -2.34. The molecule has 1 aromatic carbocycles. The van der Waals surface area contributed by atoms with Crippen LogP contribution in [0.5, 0.6) is 0 Å². The first-order chi connectivity index (χ1) is 15.6. The lowest BCUT2D eigenvalue weighted by atomic mass is 10.1. The molecule has 1 aliphatic heterocycles. The van der Waals surface area contributed by atoms with Crippen LogP contribution in [0.1, 0.15) is 40.2 Å². The molecular formula is C24H33N5O3. The summed E-state index contributed by atoms with van der Waals surface area (Å²) < 4.78 is 6.96. The van der Waals surface area contributed by atoms with Crippen LogP contribution < -0.4 is 5.32 Å². The number of nitrogens with one attached hydrogen (secondary N) is 1. The number of methoxy groups -OCH3 is 1. The van der Waals surface area contributed by atoms with Crippen LogP contribution in [-0.2, 0) is 22.4 Å². The van der Waals surface area contributed by atoms with Crippen LogP contribution in [-0.4, -0.2) is 84.4 Å². The van der Waals surface area contributed by atoms with Crippen LogP contribution in [0.4, 0.5) is 0 Å². The van der Waals surface area contributed by atoms with Crippen LogP contribution >= 0.6 is 0 Å². The van der Waals surface area contributed by atoms with Gasteiger partial charge in [-0.1, -0.05) is 17.7 Å². The van der Waals surface area contributed by atoms with Crippen LogP contribution in [0.2, 0.25) is 0 Å². The molecule has 4 rings (SSSR count). The molecule has 0 atom stereocenters. The summed E-state index contributed by atoms with van der Waals surface area (Å²) in [6.45, 7) is 6.31. The molecule has 2 heterocycles. The van der Waals surface area contributed by atoms with E-state index in [0.717, 1.165) is 36.9 Å². The molecule has 1 fully saturated rings.